The van der Waals surface area contributed by atoms with E-state index < -0.39 is 10.0 Å². The number of likely N-dealkylation sites (N-methyl/N-ethyl adjacent to an activating group) is 1. The molecule has 0 spiro atoms. The van der Waals surface area contributed by atoms with Crippen LogP contribution in [0.4, 0.5) is 4.39 Å². The molecule has 0 aliphatic carbocycles. The Hall–Kier alpha value is -1.02. The molecule has 1 aliphatic heterocycles. The lowest BCUT2D eigenvalue weighted by Gasteiger charge is -2.33. The second-order valence-electron chi connectivity index (χ2n) is 6.44. The third-order valence-electron chi connectivity index (χ3n) is 4.09. The van der Waals surface area contributed by atoms with E-state index in [1.165, 1.54) is 24.3 Å². The molecule has 1 aromatic carbocycles. The maximum atomic E-state index is 12.8. The lowest BCUT2D eigenvalue weighted by Crippen LogP contribution is -2.46. The zero-order valence-electron chi connectivity index (χ0n) is 13.8. The Kier molecular flexibility index (Phi) is 6.52. The van der Waals surface area contributed by atoms with E-state index in [9.17, 15) is 12.8 Å². The number of rotatable bonds is 7. The third kappa shape index (κ3) is 6.55. The van der Waals surface area contributed by atoms with Crippen LogP contribution in [0.15, 0.2) is 24.3 Å². The van der Waals surface area contributed by atoms with Crippen LogP contribution in [0.5, 0.6) is 0 Å². The van der Waals surface area contributed by atoms with Crippen molar-refractivity contribution >= 4 is 10.0 Å². The van der Waals surface area contributed by atoms with Crippen molar-refractivity contribution in [3.63, 3.8) is 0 Å². The Balaban J connectivity index is 1.76. The summed E-state index contributed by atoms with van der Waals surface area (Å²) in [5.41, 5.74) is 0.589. The quantitative estimate of drug-likeness (QED) is 0.806. The summed E-state index contributed by atoms with van der Waals surface area (Å²) in [7, 11) is -1.28. The molecule has 130 valence electrons. The third-order valence-corrected chi connectivity index (χ3v) is 5.41. The smallest absolute Gasteiger partial charge is 0.215 e. The van der Waals surface area contributed by atoms with E-state index >= 15 is 0 Å². The highest BCUT2D eigenvalue weighted by atomic mass is 32.2. The Morgan fingerprint density at radius 1 is 1.17 bits per heavy atom. The van der Waals surface area contributed by atoms with Crippen LogP contribution >= 0.6 is 0 Å². The summed E-state index contributed by atoms with van der Waals surface area (Å²) in [4.78, 5) is 4.67. The number of sulfonamides is 1. The Morgan fingerprint density at radius 2 is 1.78 bits per heavy atom. The van der Waals surface area contributed by atoms with Crippen LogP contribution in [0, 0.1) is 11.7 Å². The number of hydrogen-bond donors (Lipinski definition) is 1. The van der Waals surface area contributed by atoms with Crippen LogP contribution in [-0.2, 0) is 15.8 Å². The average molecular weight is 343 g/mol. The topological polar surface area (TPSA) is 52.7 Å². The molecule has 0 radical (unpaired) electrons. The van der Waals surface area contributed by atoms with Crippen molar-refractivity contribution in [3.05, 3.63) is 35.6 Å². The molecule has 1 unspecified atom stereocenters. The average Bonchev–Trinajstić information content (AvgIpc) is 2.50. The molecule has 0 saturated carbocycles. The van der Waals surface area contributed by atoms with Gasteiger partial charge < -0.3 is 9.80 Å². The van der Waals surface area contributed by atoms with Gasteiger partial charge >= 0.3 is 0 Å². The Bertz CT molecular complexity index is 584. The first-order valence-electron chi connectivity index (χ1n) is 7.97. The fourth-order valence-corrected chi connectivity index (χ4v) is 3.93. The first-order valence-corrected chi connectivity index (χ1v) is 9.62. The van der Waals surface area contributed by atoms with Gasteiger partial charge in [-0.05, 0) is 30.7 Å². The van der Waals surface area contributed by atoms with Gasteiger partial charge in [-0.1, -0.05) is 19.1 Å². The molecule has 0 bridgehead atoms. The SMILES string of the molecule is CC(CNS(=O)(=O)Cc1ccc(F)cc1)CN1CCN(C)CC1. The molecule has 1 heterocycles. The van der Waals surface area contributed by atoms with E-state index in [2.05, 4.69) is 28.5 Å². The Labute approximate surface area is 138 Å². The van der Waals surface area contributed by atoms with Crippen LogP contribution in [-0.4, -0.2) is 64.5 Å². The number of benzene rings is 1. The second kappa shape index (κ2) is 8.19. The van der Waals surface area contributed by atoms with Crippen LogP contribution in [0.3, 0.4) is 0 Å². The molecule has 1 saturated heterocycles. The van der Waals surface area contributed by atoms with Crippen LogP contribution in [0.1, 0.15) is 12.5 Å². The van der Waals surface area contributed by atoms with Gasteiger partial charge in [0.1, 0.15) is 5.82 Å². The summed E-state index contributed by atoms with van der Waals surface area (Å²) in [5.74, 6) is -0.226. The molecular formula is C16H26FN3O2S. The largest absolute Gasteiger partial charge is 0.304 e. The molecule has 23 heavy (non-hydrogen) atoms. The van der Waals surface area contributed by atoms with Gasteiger partial charge in [0, 0.05) is 39.3 Å². The van der Waals surface area contributed by atoms with Crippen molar-refractivity contribution in [2.24, 2.45) is 5.92 Å². The summed E-state index contributed by atoms with van der Waals surface area (Å²) < 4.78 is 39.7. The second-order valence-corrected chi connectivity index (χ2v) is 8.25. The predicted molar refractivity (Wildman–Crippen MR) is 90.1 cm³/mol. The molecule has 0 amide bonds. The highest BCUT2D eigenvalue weighted by Crippen LogP contribution is 2.08. The summed E-state index contributed by atoms with van der Waals surface area (Å²) in [6.45, 7) is 7.56. The van der Waals surface area contributed by atoms with Crippen molar-refractivity contribution in [3.8, 4) is 0 Å². The highest BCUT2D eigenvalue weighted by Gasteiger charge is 2.18. The van der Waals surface area contributed by atoms with Crippen molar-refractivity contribution < 1.29 is 12.8 Å². The maximum absolute atomic E-state index is 12.8. The standard InChI is InChI=1S/C16H26FN3O2S/c1-14(12-20-9-7-19(2)8-10-20)11-18-23(21,22)13-15-3-5-16(17)6-4-15/h3-6,14,18H,7-13H2,1-2H3. The normalized spacial score (nSPS) is 18.9. The van der Waals surface area contributed by atoms with Crippen molar-refractivity contribution in [2.45, 2.75) is 12.7 Å². The molecule has 1 N–H and O–H groups in total. The number of hydrogen-bond acceptors (Lipinski definition) is 4. The first-order chi connectivity index (χ1) is 10.8. The summed E-state index contributed by atoms with van der Waals surface area (Å²) >= 11 is 0. The van der Waals surface area contributed by atoms with Gasteiger partial charge in [0.25, 0.3) is 0 Å². The minimum absolute atomic E-state index is 0.117. The van der Waals surface area contributed by atoms with Gasteiger partial charge in [-0.15, -0.1) is 0 Å². The molecule has 2 rings (SSSR count). The monoisotopic (exact) mass is 343 g/mol. The fraction of sp³-hybridized carbons (Fsp3) is 0.625. The first kappa shape index (κ1) is 18.3. The number of nitrogens with one attached hydrogen (secondary N) is 1. The van der Waals surface area contributed by atoms with Crippen LogP contribution in [0.2, 0.25) is 0 Å². The fourth-order valence-electron chi connectivity index (χ4n) is 2.66. The van der Waals surface area contributed by atoms with E-state index in [4.69, 9.17) is 0 Å². The van der Waals surface area contributed by atoms with E-state index in [0.29, 0.717) is 12.1 Å². The van der Waals surface area contributed by atoms with E-state index in [1.54, 1.807) is 0 Å². The molecule has 1 atom stereocenters. The summed E-state index contributed by atoms with van der Waals surface area (Å²) in [5, 5.41) is 0. The van der Waals surface area contributed by atoms with Gasteiger partial charge in [0.2, 0.25) is 10.0 Å². The van der Waals surface area contributed by atoms with Crippen molar-refractivity contribution in [1.82, 2.24) is 14.5 Å². The number of halogens is 1. The molecular weight excluding hydrogens is 317 g/mol. The van der Waals surface area contributed by atoms with Crippen LogP contribution < -0.4 is 4.72 Å². The van der Waals surface area contributed by atoms with E-state index in [1.807, 2.05) is 0 Å². The minimum Gasteiger partial charge on any atom is -0.304 e. The highest BCUT2D eigenvalue weighted by molar-refractivity contribution is 7.88. The van der Waals surface area contributed by atoms with Crippen molar-refractivity contribution in [2.75, 3.05) is 46.3 Å². The van der Waals surface area contributed by atoms with Crippen LogP contribution in [0.25, 0.3) is 0 Å². The van der Waals surface area contributed by atoms with Gasteiger partial charge in [-0.3, -0.25) is 0 Å². The lowest BCUT2D eigenvalue weighted by atomic mass is 10.1. The number of piperazine rings is 1. The Morgan fingerprint density at radius 3 is 2.39 bits per heavy atom. The summed E-state index contributed by atoms with van der Waals surface area (Å²) in [6, 6.07) is 5.56. The van der Waals surface area contributed by atoms with Gasteiger partial charge in [-0.2, -0.15) is 0 Å². The van der Waals surface area contributed by atoms with Gasteiger partial charge in [-0.25, -0.2) is 17.5 Å². The van der Waals surface area contributed by atoms with Gasteiger partial charge in [0.15, 0.2) is 0 Å². The molecule has 1 aromatic rings. The van der Waals surface area contributed by atoms with Gasteiger partial charge in [0.05, 0.1) is 5.75 Å². The van der Waals surface area contributed by atoms with Crippen molar-refractivity contribution in [1.29, 1.82) is 0 Å². The number of nitrogens with zero attached hydrogens (tertiary/aromatic N) is 2. The maximum Gasteiger partial charge on any atom is 0.215 e. The zero-order valence-corrected chi connectivity index (χ0v) is 14.7. The molecule has 0 aromatic heterocycles. The predicted octanol–water partition coefficient (Wildman–Crippen LogP) is 1.13. The molecule has 1 aliphatic rings. The zero-order chi connectivity index (χ0) is 16.9. The summed E-state index contributed by atoms with van der Waals surface area (Å²) in [6.07, 6.45) is 0. The lowest BCUT2D eigenvalue weighted by molar-refractivity contribution is 0.139. The molecule has 7 heteroatoms. The minimum atomic E-state index is -3.39. The van der Waals surface area contributed by atoms with E-state index in [0.717, 1.165) is 32.7 Å². The molecule has 1 fully saturated rings. The van der Waals surface area contributed by atoms with E-state index in [-0.39, 0.29) is 17.5 Å². The molecule has 5 nitrogen and oxygen atoms in total.